The van der Waals surface area contributed by atoms with Crippen molar-refractivity contribution in [3.05, 3.63) is 76.2 Å². The van der Waals surface area contributed by atoms with E-state index in [0.717, 1.165) is 22.2 Å². The number of carboxylic acids is 1. The Bertz CT molecular complexity index is 3380. The van der Waals surface area contributed by atoms with Gasteiger partial charge < -0.3 is 77.8 Å². The Hall–Kier alpha value is -9.11. The van der Waals surface area contributed by atoms with Crippen molar-refractivity contribution < 1.29 is 81.6 Å². The lowest BCUT2D eigenvalue weighted by molar-refractivity contribution is -0.148. The first-order chi connectivity index (χ1) is 51.2. The maximum atomic E-state index is 14.9. The summed E-state index contributed by atoms with van der Waals surface area (Å²) in [6.45, 7) is 16.8. The number of primary amides is 1. The number of carbonyl (C=O) groups is 13. The Kier molecular flexibility index (Phi) is 39.1. The molecule has 0 spiro atoms. The highest BCUT2D eigenvalue weighted by molar-refractivity contribution is 8.00. The summed E-state index contributed by atoms with van der Waals surface area (Å²) in [5.74, 6) is -8.28. The molecule has 13 atom stereocenters. The molecule has 0 aromatic heterocycles. The van der Waals surface area contributed by atoms with Gasteiger partial charge in [0.1, 0.15) is 36.8 Å². The number of imide groups is 1. The van der Waals surface area contributed by atoms with Crippen LogP contribution in [0.5, 0.6) is 0 Å². The van der Waals surface area contributed by atoms with E-state index in [2.05, 4.69) is 47.2 Å². The number of rotatable bonds is 47. The van der Waals surface area contributed by atoms with Crippen LogP contribution in [0.25, 0.3) is 10.4 Å². The minimum absolute atomic E-state index is 0.0180. The standard InChI is InChI=1S/C74H116N16O17S/c1-14-46(8)63(55(105-12)39-58(92)89-37-22-27-54(89)64(106-13)47(9)65(94)83-53(72(101)102)38-48-24-17-15-18-25-48)87(10)71(100)61(44(4)5)85-69(98)62(45(6)7)88(11)74(104)107-41-49-29-31-50(32-30-49)81-67(96)52(26-21-33-79-73(76)103)82-68(97)60(43(2)3)84-57(91)28-19-16-20-36-90-59(93)40-56(70(90)99)108-42-51(75)66(95)78-34-23-35-80-86-77/h15,17-18,24-25,29-32,43-47,51-56,60-64H,14,16,19-23,26-28,33-42,75H2,1-13H3,(H,78,95)(H,81,96)(H,82,97)(H,83,94)(H,84,91)(H,85,98)(H,101,102)(H3,76,79,103)/t46-,47+,51?,52-,53-,54-,55+,56?,60-,61-,62-,63-,64+/m0/s1. The molecule has 4 rings (SSSR count). The van der Waals surface area contributed by atoms with E-state index in [0.29, 0.717) is 62.7 Å². The second kappa shape index (κ2) is 46.3. The largest absolute Gasteiger partial charge is 0.480 e. The van der Waals surface area contributed by atoms with Gasteiger partial charge in [-0.2, -0.15) is 0 Å². The second-order valence-electron chi connectivity index (χ2n) is 28.7. The quantitative estimate of drug-likeness (QED) is 0.0141. The number of nitrogens with one attached hydrogen (secondary N) is 7. The molecule has 0 aliphatic carbocycles. The van der Waals surface area contributed by atoms with Crippen molar-refractivity contribution in [3.63, 3.8) is 0 Å². The van der Waals surface area contributed by atoms with Crippen LogP contribution in [0.2, 0.25) is 0 Å². The zero-order valence-electron chi connectivity index (χ0n) is 64.7. The Morgan fingerprint density at radius 2 is 1.40 bits per heavy atom. The predicted octanol–water partition coefficient (Wildman–Crippen LogP) is 4.73. The predicted molar refractivity (Wildman–Crippen MR) is 405 cm³/mol. The minimum Gasteiger partial charge on any atom is -0.480 e. The fourth-order valence-electron chi connectivity index (χ4n) is 13.2. The molecule has 2 aromatic carbocycles. The first kappa shape index (κ1) is 91.3. The van der Waals surface area contributed by atoms with Crippen molar-refractivity contribution in [1.82, 2.24) is 51.5 Å². The van der Waals surface area contributed by atoms with Gasteiger partial charge >= 0.3 is 18.1 Å². The number of benzene rings is 2. The van der Waals surface area contributed by atoms with Gasteiger partial charge in [0, 0.05) is 96.7 Å². The molecule has 108 heavy (non-hydrogen) atoms. The Balaban J connectivity index is 1.34. The normalized spacial score (nSPS) is 17.3. The van der Waals surface area contributed by atoms with Crippen LogP contribution < -0.4 is 48.7 Å². The van der Waals surface area contributed by atoms with Crippen LogP contribution in [-0.4, -0.2) is 234 Å². The third-order valence-electron chi connectivity index (χ3n) is 19.5. The third kappa shape index (κ3) is 28.5. The Morgan fingerprint density at radius 3 is 2.00 bits per heavy atom. The minimum atomic E-state index is -1.20. The molecule has 33 nitrogen and oxygen atoms in total. The van der Waals surface area contributed by atoms with E-state index in [1.165, 1.54) is 31.1 Å². The average Bonchev–Trinajstić information content (AvgIpc) is 0.875. The zero-order chi connectivity index (χ0) is 80.5. The molecule has 2 aliphatic rings. The number of likely N-dealkylation sites (tertiary alicyclic amines) is 2. The lowest BCUT2D eigenvalue weighted by atomic mass is 9.89. The third-order valence-corrected chi connectivity index (χ3v) is 20.9. The number of nitrogens with zero attached hydrogens (tertiary/aromatic N) is 7. The Morgan fingerprint density at radius 1 is 0.741 bits per heavy atom. The van der Waals surface area contributed by atoms with Gasteiger partial charge in [0.05, 0.1) is 47.9 Å². The Labute approximate surface area is 637 Å². The lowest BCUT2D eigenvalue weighted by Crippen LogP contribution is -2.60. The van der Waals surface area contributed by atoms with Gasteiger partial charge in [0.25, 0.3) is 0 Å². The van der Waals surface area contributed by atoms with E-state index in [1.807, 2.05) is 19.9 Å². The number of thioether (sulfide) groups is 1. The number of unbranched alkanes of at least 4 members (excludes halogenated alkanes) is 2. The molecule has 600 valence electrons. The number of urea groups is 1. The van der Waals surface area contributed by atoms with E-state index in [-0.39, 0.29) is 101 Å². The molecule has 2 unspecified atom stereocenters. The van der Waals surface area contributed by atoms with E-state index in [1.54, 1.807) is 109 Å². The number of carboxylic acid groups (broad SMARTS) is 1. The number of hydrogen-bond donors (Lipinski definition) is 10. The zero-order valence-corrected chi connectivity index (χ0v) is 65.6. The SMILES string of the molecule is CC[C@H](C)[C@@H]([C@@H](CC(=O)N1CCC[C@H]1[C@H](OC)[C@@H](C)C(=O)N[C@@H](Cc1ccccc1)C(=O)O)OC)N(C)C(=O)[C@@H](NC(=O)[C@H](C(C)C)N(C)C(=O)OCc1ccc(NC(=O)[C@H](CCCNC(N)=O)NC(=O)[C@@H](NC(=O)CCCCCN2C(=O)CC(SCC(N)C(=O)NCCCN=[N+]=[N-])C2=O)C(C)C)cc1)C(C)C. The highest BCUT2D eigenvalue weighted by Gasteiger charge is 2.45. The lowest BCUT2D eigenvalue weighted by Gasteiger charge is -2.41. The molecule has 12 N–H and O–H groups in total. The molecule has 34 heteroatoms. The van der Waals surface area contributed by atoms with Crippen molar-refractivity contribution in [2.24, 2.45) is 46.2 Å². The average molecular weight is 1530 g/mol. The fourth-order valence-corrected chi connectivity index (χ4v) is 14.4. The smallest absolute Gasteiger partial charge is 0.410 e. The number of likely N-dealkylation sites (N-methyl/N-ethyl adjacent to an activating group) is 2. The number of anilines is 1. The van der Waals surface area contributed by atoms with Crippen molar-refractivity contribution in [2.75, 3.05) is 72.1 Å². The highest BCUT2D eigenvalue weighted by Crippen LogP contribution is 2.31. The van der Waals surface area contributed by atoms with Crippen LogP contribution in [0, 0.1) is 29.6 Å². The molecular formula is C74H116N16O17S. The van der Waals surface area contributed by atoms with E-state index < -0.39 is 149 Å². The monoisotopic (exact) mass is 1530 g/mol. The molecule has 0 saturated carbocycles. The molecule has 0 radical (unpaired) electrons. The fraction of sp³-hybridized carbons (Fsp3) is 0.662. The summed E-state index contributed by atoms with van der Waals surface area (Å²) >= 11 is 1.13. The maximum Gasteiger partial charge on any atom is 0.410 e. The summed E-state index contributed by atoms with van der Waals surface area (Å²) in [4.78, 5) is 183. The van der Waals surface area contributed by atoms with Crippen molar-refractivity contribution >= 4 is 94.6 Å². The first-order valence-corrected chi connectivity index (χ1v) is 38.2. The van der Waals surface area contributed by atoms with Gasteiger partial charge in [-0.1, -0.05) is 123 Å². The van der Waals surface area contributed by atoms with Crippen molar-refractivity contribution in [2.45, 2.75) is 218 Å². The van der Waals surface area contributed by atoms with Crippen LogP contribution >= 0.6 is 11.8 Å². The molecule has 2 fully saturated rings. The summed E-state index contributed by atoms with van der Waals surface area (Å²) in [6, 6.07) is 6.71. The summed E-state index contributed by atoms with van der Waals surface area (Å²) in [5, 5.41) is 31.8. The van der Waals surface area contributed by atoms with E-state index >= 15 is 0 Å². The van der Waals surface area contributed by atoms with Crippen LogP contribution in [0.3, 0.4) is 0 Å². The van der Waals surface area contributed by atoms with Crippen LogP contribution in [0.15, 0.2) is 59.7 Å². The summed E-state index contributed by atoms with van der Waals surface area (Å²) in [7, 11) is 5.94. The molecule has 13 amide bonds. The van der Waals surface area contributed by atoms with Gasteiger partial charge in [-0.15, -0.1) is 11.8 Å². The summed E-state index contributed by atoms with van der Waals surface area (Å²) in [5.41, 5.74) is 21.2. The number of azide groups is 1. The number of amides is 13. The van der Waals surface area contributed by atoms with Crippen LogP contribution in [0.1, 0.15) is 150 Å². The van der Waals surface area contributed by atoms with Gasteiger partial charge in [-0.25, -0.2) is 14.4 Å². The summed E-state index contributed by atoms with van der Waals surface area (Å²) < 4.78 is 17.7. The van der Waals surface area contributed by atoms with Crippen LogP contribution in [0.4, 0.5) is 15.3 Å². The van der Waals surface area contributed by atoms with Gasteiger partial charge in [-0.05, 0) is 97.4 Å². The number of aliphatic carboxylic acids is 1. The number of methoxy groups -OCH3 is 2. The number of nitrogens with two attached hydrogens (primary N) is 2. The maximum absolute atomic E-state index is 14.9. The second-order valence-corrected chi connectivity index (χ2v) is 29.9. The topological polar surface area (TPSA) is 468 Å². The number of ether oxygens (including phenoxy) is 3. The molecule has 0 bridgehead atoms. The summed E-state index contributed by atoms with van der Waals surface area (Å²) in [6.07, 6.45) is 1.11. The van der Waals surface area contributed by atoms with Gasteiger partial charge in [-0.3, -0.25) is 57.7 Å². The van der Waals surface area contributed by atoms with Gasteiger partial charge in [0.15, 0.2) is 0 Å². The molecule has 2 aliphatic heterocycles. The van der Waals surface area contributed by atoms with Crippen molar-refractivity contribution in [1.29, 1.82) is 0 Å². The number of carbonyl (C=O) groups excluding carboxylic acids is 12. The molecule has 2 saturated heterocycles. The molecular weight excluding hydrogens is 1420 g/mol. The molecule has 2 aromatic rings. The van der Waals surface area contributed by atoms with Gasteiger partial charge in [0.2, 0.25) is 59.1 Å². The van der Waals surface area contributed by atoms with Crippen LogP contribution in [-0.2, 0) is 80.0 Å². The van der Waals surface area contributed by atoms with E-state index in [9.17, 15) is 67.4 Å². The number of hydrogen-bond acceptors (Lipinski definition) is 19. The van der Waals surface area contributed by atoms with Crippen molar-refractivity contribution in [3.8, 4) is 0 Å². The first-order valence-electron chi connectivity index (χ1n) is 37.1. The van der Waals surface area contributed by atoms with E-state index in [4.69, 9.17) is 31.2 Å². The highest BCUT2D eigenvalue weighted by atomic mass is 32.2. The molecule has 2 heterocycles.